The zero-order valence-electron chi connectivity index (χ0n) is 14.0. The average Bonchev–Trinajstić information content (AvgIpc) is 3.21. The van der Waals surface area contributed by atoms with Gasteiger partial charge in [-0.25, -0.2) is 9.97 Å². The molecule has 0 aliphatic carbocycles. The Kier molecular flexibility index (Phi) is 5.19. The Morgan fingerprint density at radius 3 is 2.92 bits per heavy atom. The molecule has 2 N–H and O–H groups in total. The van der Waals surface area contributed by atoms with Crippen molar-refractivity contribution in [1.29, 1.82) is 0 Å². The molecule has 3 heterocycles. The lowest BCUT2D eigenvalue weighted by Crippen LogP contribution is -2.34. The number of anilines is 2. The molecule has 9 heteroatoms. The van der Waals surface area contributed by atoms with Gasteiger partial charge in [-0.05, 0) is 30.5 Å². The molecular formula is C17H18ClN3O4S. The highest BCUT2D eigenvalue weighted by molar-refractivity contribution is 7.98. The lowest BCUT2D eigenvalue weighted by molar-refractivity contribution is 0.00865. The molecule has 0 saturated carbocycles. The number of fused-ring (bicyclic) bond motifs is 1. The summed E-state index contributed by atoms with van der Waals surface area (Å²) in [5.41, 5.74) is 0.793. The molecule has 1 aromatic carbocycles. The molecule has 2 fully saturated rings. The zero-order chi connectivity index (χ0) is 18.1. The van der Waals surface area contributed by atoms with Crippen LogP contribution >= 0.6 is 23.4 Å². The lowest BCUT2D eigenvalue weighted by Gasteiger charge is -2.19. The number of ether oxygens (including phenoxy) is 3. The number of benzene rings is 1. The Balaban J connectivity index is 1.44. The molecule has 2 aromatic rings. The Morgan fingerprint density at radius 2 is 2.12 bits per heavy atom. The summed E-state index contributed by atoms with van der Waals surface area (Å²) in [7, 11) is 0. The van der Waals surface area contributed by atoms with E-state index in [1.807, 2.05) is 12.3 Å². The fraction of sp³-hybridized carbons (Fsp3) is 0.412. The summed E-state index contributed by atoms with van der Waals surface area (Å²) >= 11 is 7.85. The molecule has 2 saturated heterocycles. The number of aliphatic hydroxyl groups is 1. The van der Waals surface area contributed by atoms with Crippen molar-refractivity contribution in [3.05, 3.63) is 35.5 Å². The molecule has 1 aromatic heterocycles. The van der Waals surface area contributed by atoms with Gasteiger partial charge in [-0.3, -0.25) is 0 Å². The molecule has 0 bridgehead atoms. The normalized spacial score (nSPS) is 27.3. The van der Waals surface area contributed by atoms with Gasteiger partial charge in [0.05, 0.1) is 18.2 Å². The molecule has 2 aliphatic heterocycles. The van der Waals surface area contributed by atoms with Gasteiger partial charge >= 0.3 is 0 Å². The van der Waals surface area contributed by atoms with E-state index in [9.17, 15) is 5.11 Å². The summed E-state index contributed by atoms with van der Waals surface area (Å²) in [5.74, 6) is 1.23. The SMILES string of the molecule is CSc1nccc(Nc2ccc(O[C@H]3COC4C3OC[C@@H]4O)c(Cl)c2)n1. The van der Waals surface area contributed by atoms with Crippen LogP contribution in [0, 0.1) is 0 Å². The van der Waals surface area contributed by atoms with Crippen molar-refractivity contribution >= 4 is 34.9 Å². The summed E-state index contributed by atoms with van der Waals surface area (Å²) in [6, 6.07) is 7.21. The second-order valence-corrected chi connectivity index (χ2v) is 7.20. The maximum atomic E-state index is 9.80. The van der Waals surface area contributed by atoms with Crippen molar-refractivity contribution in [2.45, 2.75) is 29.6 Å². The van der Waals surface area contributed by atoms with Gasteiger partial charge in [0.25, 0.3) is 0 Å². The van der Waals surface area contributed by atoms with Crippen molar-refractivity contribution < 1.29 is 19.3 Å². The van der Waals surface area contributed by atoms with Gasteiger partial charge in [0.15, 0.2) is 11.3 Å². The van der Waals surface area contributed by atoms with E-state index in [0.717, 1.165) is 5.69 Å². The predicted molar refractivity (Wildman–Crippen MR) is 98.5 cm³/mol. The monoisotopic (exact) mass is 395 g/mol. The molecule has 0 spiro atoms. The fourth-order valence-electron chi connectivity index (χ4n) is 3.04. The van der Waals surface area contributed by atoms with Crippen LogP contribution in [-0.4, -0.2) is 59.0 Å². The Labute approximate surface area is 160 Å². The molecule has 7 nitrogen and oxygen atoms in total. The third kappa shape index (κ3) is 3.60. The molecule has 138 valence electrons. The number of rotatable bonds is 5. The van der Waals surface area contributed by atoms with Crippen molar-refractivity contribution in [2.75, 3.05) is 24.8 Å². The zero-order valence-corrected chi connectivity index (χ0v) is 15.5. The van der Waals surface area contributed by atoms with Gasteiger partial charge < -0.3 is 24.6 Å². The van der Waals surface area contributed by atoms with Gasteiger partial charge in [-0.1, -0.05) is 23.4 Å². The third-order valence-corrected chi connectivity index (χ3v) is 5.14. The van der Waals surface area contributed by atoms with Crippen LogP contribution in [0.3, 0.4) is 0 Å². The number of halogens is 1. The van der Waals surface area contributed by atoms with Gasteiger partial charge in [0, 0.05) is 11.9 Å². The Morgan fingerprint density at radius 1 is 1.27 bits per heavy atom. The van der Waals surface area contributed by atoms with Crippen molar-refractivity contribution in [3.63, 3.8) is 0 Å². The van der Waals surface area contributed by atoms with E-state index in [-0.39, 0.29) is 24.9 Å². The molecule has 0 radical (unpaired) electrons. The van der Waals surface area contributed by atoms with Gasteiger partial charge in [0.2, 0.25) is 0 Å². The van der Waals surface area contributed by atoms with Crippen LogP contribution in [0.5, 0.6) is 5.75 Å². The van der Waals surface area contributed by atoms with E-state index in [4.69, 9.17) is 25.8 Å². The van der Waals surface area contributed by atoms with Crippen molar-refractivity contribution in [1.82, 2.24) is 9.97 Å². The topological polar surface area (TPSA) is 85.7 Å². The van der Waals surface area contributed by atoms with Crippen molar-refractivity contribution in [3.8, 4) is 5.75 Å². The molecular weight excluding hydrogens is 378 g/mol. The number of thioether (sulfide) groups is 1. The summed E-state index contributed by atoms with van der Waals surface area (Å²) in [6.45, 7) is 0.629. The second kappa shape index (κ2) is 7.58. The maximum Gasteiger partial charge on any atom is 0.189 e. The smallest absolute Gasteiger partial charge is 0.189 e. The van der Waals surface area contributed by atoms with E-state index >= 15 is 0 Å². The van der Waals surface area contributed by atoms with E-state index < -0.39 is 6.10 Å². The lowest BCUT2D eigenvalue weighted by atomic mass is 10.1. The fourth-order valence-corrected chi connectivity index (χ4v) is 3.62. The van der Waals surface area contributed by atoms with Crippen LogP contribution in [0.15, 0.2) is 35.6 Å². The number of hydrogen-bond acceptors (Lipinski definition) is 8. The Bertz CT molecular complexity index is 796. The number of nitrogens with zero attached hydrogens (tertiary/aromatic N) is 2. The quantitative estimate of drug-likeness (QED) is 0.590. The average molecular weight is 396 g/mol. The number of aliphatic hydroxyl groups excluding tert-OH is 1. The van der Waals surface area contributed by atoms with E-state index in [1.165, 1.54) is 11.8 Å². The minimum absolute atomic E-state index is 0.267. The molecule has 2 unspecified atom stereocenters. The standard InChI is InChI=1S/C17H18ClN3O4S/c1-26-17-19-5-4-14(21-17)20-9-2-3-12(10(18)6-9)25-13-8-24-15-11(22)7-23-16(13)15/h2-6,11,13,15-16,22H,7-8H2,1H3,(H,19,20,21)/t11-,13-,15?,16?/m0/s1. The highest BCUT2D eigenvalue weighted by atomic mass is 35.5. The first-order valence-corrected chi connectivity index (χ1v) is 9.76. The van der Waals surface area contributed by atoms with Crippen LogP contribution in [0.25, 0.3) is 0 Å². The largest absolute Gasteiger partial charge is 0.484 e. The summed E-state index contributed by atoms with van der Waals surface area (Å²) in [5, 5.41) is 14.2. The molecule has 4 rings (SSSR count). The highest BCUT2D eigenvalue weighted by Gasteiger charge is 2.48. The van der Waals surface area contributed by atoms with Crippen LogP contribution in [0.2, 0.25) is 5.02 Å². The van der Waals surface area contributed by atoms with Crippen LogP contribution in [0.4, 0.5) is 11.5 Å². The second-order valence-electron chi connectivity index (χ2n) is 6.02. The number of aromatic nitrogens is 2. The first kappa shape index (κ1) is 17.8. The van der Waals surface area contributed by atoms with Crippen LogP contribution in [-0.2, 0) is 9.47 Å². The van der Waals surface area contributed by atoms with Gasteiger partial charge in [-0.15, -0.1) is 0 Å². The predicted octanol–water partition coefficient (Wildman–Crippen LogP) is 2.50. The third-order valence-electron chi connectivity index (χ3n) is 4.28. The molecule has 26 heavy (non-hydrogen) atoms. The van der Waals surface area contributed by atoms with E-state index in [0.29, 0.717) is 28.4 Å². The number of hydrogen-bond donors (Lipinski definition) is 2. The highest BCUT2D eigenvalue weighted by Crippen LogP contribution is 2.34. The summed E-state index contributed by atoms with van der Waals surface area (Å²) in [4.78, 5) is 8.52. The first-order chi connectivity index (χ1) is 12.6. The maximum absolute atomic E-state index is 9.80. The van der Waals surface area contributed by atoms with E-state index in [2.05, 4.69) is 15.3 Å². The summed E-state index contributed by atoms with van der Waals surface area (Å²) < 4.78 is 17.1. The minimum atomic E-state index is -0.602. The first-order valence-electron chi connectivity index (χ1n) is 8.15. The molecule has 2 aliphatic rings. The van der Waals surface area contributed by atoms with Crippen LogP contribution < -0.4 is 10.1 Å². The number of nitrogens with one attached hydrogen (secondary N) is 1. The molecule has 0 amide bonds. The summed E-state index contributed by atoms with van der Waals surface area (Å²) in [6.07, 6.45) is 2.13. The van der Waals surface area contributed by atoms with Crippen LogP contribution in [0.1, 0.15) is 0 Å². The van der Waals surface area contributed by atoms with Gasteiger partial charge in [0.1, 0.15) is 29.9 Å². The van der Waals surface area contributed by atoms with Crippen molar-refractivity contribution in [2.24, 2.45) is 0 Å². The minimum Gasteiger partial charge on any atom is -0.484 e. The molecule has 4 atom stereocenters. The Hall–Kier alpha value is -1.58. The van der Waals surface area contributed by atoms with Gasteiger partial charge in [-0.2, -0.15) is 0 Å². The van der Waals surface area contributed by atoms with E-state index in [1.54, 1.807) is 24.4 Å².